The summed E-state index contributed by atoms with van der Waals surface area (Å²) in [5.74, 6) is 0. The molecule has 0 spiro atoms. The van der Waals surface area contributed by atoms with Crippen LogP contribution in [0.25, 0.3) is 0 Å². The van der Waals surface area contributed by atoms with Crippen molar-refractivity contribution in [1.82, 2.24) is 0 Å². The molecular formula is C10H11ClN2O2S2. The molecule has 0 saturated carbocycles. The van der Waals surface area contributed by atoms with Crippen molar-refractivity contribution in [3.05, 3.63) is 33.3 Å². The fourth-order valence-corrected chi connectivity index (χ4v) is 2.58. The van der Waals surface area contributed by atoms with Gasteiger partial charge in [-0.25, -0.2) is 0 Å². The van der Waals surface area contributed by atoms with E-state index in [4.69, 9.17) is 23.8 Å². The van der Waals surface area contributed by atoms with Crippen LogP contribution in [0.1, 0.15) is 13.8 Å². The van der Waals surface area contributed by atoms with E-state index in [1.54, 1.807) is 6.07 Å². The number of nitro benzene ring substituents is 1. The number of rotatable bonds is 3. The summed E-state index contributed by atoms with van der Waals surface area (Å²) in [5.41, 5.74) is 0.438. The minimum Gasteiger partial charge on any atom is -0.341 e. The highest BCUT2D eigenvalue weighted by atomic mass is 35.5. The molecule has 0 unspecified atom stereocenters. The first kappa shape index (κ1) is 14.2. The lowest BCUT2D eigenvalue weighted by Crippen LogP contribution is -2.07. The highest BCUT2D eigenvalue weighted by Crippen LogP contribution is 2.28. The van der Waals surface area contributed by atoms with Crippen molar-refractivity contribution in [2.75, 3.05) is 5.32 Å². The van der Waals surface area contributed by atoms with E-state index in [0.29, 0.717) is 15.3 Å². The molecule has 0 heterocycles. The van der Waals surface area contributed by atoms with Crippen LogP contribution in [0.4, 0.5) is 11.4 Å². The van der Waals surface area contributed by atoms with E-state index in [1.165, 1.54) is 23.9 Å². The van der Waals surface area contributed by atoms with Gasteiger partial charge in [0, 0.05) is 17.0 Å². The Balaban J connectivity index is 2.82. The molecule has 0 aliphatic rings. The first-order valence-corrected chi connectivity index (χ1v) is 6.48. The lowest BCUT2D eigenvalue weighted by molar-refractivity contribution is -0.384. The van der Waals surface area contributed by atoms with Crippen LogP contribution < -0.4 is 5.32 Å². The molecule has 1 rings (SSSR count). The average Bonchev–Trinajstić information content (AvgIpc) is 2.19. The Kier molecular flexibility index (Phi) is 5.17. The molecule has 0 saturated heterocycles. The summed E-state index contributed by atoms with van der Waals surface area (Å²) in [7, 11) is 0. The molecule has 0 aliphatic carbocycles. The number of nitro groups is 1. The van der Waals surface area contributed by atoms with Gasteiger partial charge in [-0.05, 0) is 12.1 Å². The zero-order chi connectivity index (χ0) is 13.0. The minimum absolute atomic E-state index is 0.114. The lowest BCUT2D eigenvalue weighted by Gasteiger charge is -2.09. The summed E-state index contributed by atoms with van der Waals surface area (Å²) in [6.07, 6.45) is 0. The van der Waals surface area contributed by atoms with Crippen molar-refractivity contribution >= 4 is 51.3 Å². The number of benzene rings is 1. The fraction of sp³-hybridized carbons (Fsp3) is 0.300. The van der Waals surface area contributed by atoms with Crippen molar-refractivity contribution in [3.8, 4) is 0 Å². The summed E-state index contributed by atoms with van der Waals surface area (Å²) in [4.78, 5) is 10.2. The van der Waals surface area contributed by atoms with Crippen LogP contribution in [-0.2, 0) is 0 Å². The molecular weight excluding hydrogens is 280 g/mol. The van der Waals surface area contributed by atoms with E-state index in [-0.39, 0.29) is 10.7 Å². The summed E-state index contributed by atoms with van der Waals surface area (Å²) < 4.78 is 0.580. The van der Waals surface area contributed by atoms with Crippen LogP contribution in [0.15, 0.2) is 18.2 Å². The van der Waals surface area contributed by atoms with Crippen molar-refractivity contribution in [3.63, 3.8) is 0 Å². The van der Waals surface area contributed by atoms with Crippen LogP contribution >= 0.6 is 35.6 Å². The topological polar surface area (TPSA) is 55.2 Å². The standard InChI is InChI=1S/C10H11ClN2O2S2/c1-6(2)17-10(16)12-7-3-4-8(11)9(5-7)13(14)15/h3-6H,1-2H3,(H,12,16). The minimum atomic E-state index is -0.522. The van der Waals surface area contributed by atoms with E-state index < -0.39 is 4.92 Å². The van der Waals surface area contributed by atoms with E-state index in [1.807, 2.05) is 13.8 Å². The van der Waals surface area contributed by atoms with Gasteiger partial charge in [0.2, 0.25) is 0 Å². The van der Waals surface area contributed by atoms with Gasteiger partial charge in [0.15, 0.2) is 0 Å². The highest BCUT2D eigenvalue weighted by Gasteiger charge is 2.13. The van der Waals surface area contributed by atoms with Gasteiger partial charge >= 0.3 is 0 Å². The Bertz CT molecular complexity index is 452. The van der Waals surface area contributed by atoms with Crippen LogP contribution in [0.3, 0.4) is 0 Å². The summed E-state index contributed by atoms with van der Waals surface area (Å²) >= 11 is 12.3. The third kappa shape index (κ3) is 4.49. The van der Waals surface area contributed by atoms with Crippen molar-refractivity contribution in [2.45, 2.75) is 19.1 Å². The number of nitrogens with zero attached hydrogens (tertiary/aromatic N) is 1. The molecule has 0 atom stereocenters. The second-order valence-electron chi connectivity index (χ2n) is 3.50. The Morgan fingerprint density at radius 3 is 2.76 bits per heavy atom. The van der Waals surface area contributed by atoms with Gasteiger partial charge in [0.25, 0.3) is 5.69 Å². The number of anilines is 1. The Hall–Kier alpha value is -0.850. The summed E-state index contributed by atoms with van der Waals surface area (Å²) in [6.45, 7) is 4.03. The molecule has 0 aliphatic heterocycles. The number of nitrogens with one attached hydrogen (secondary N) is 1. The molecule has 0 radical (unpaired) electrons. The van der Waals surface area contributed by atoms with Crippen molar-refractivity contribution in [2.24, 2.45) is 0 Å². The third-order valence-corrected chi connectivity index (χ3v) is 3.23. The number of hydrogen-bond donors (Lipinski definition) is 1. The maximum absolute atomic E-state index is 10.7. The van der Waals surface area contributed by atoms with Gasteiger partial charge in [-0.3, -0.25) is 10.1 Å². The average molecular weight is 291 g/mol. The molecule has 0 fully saturated rings. The van der Waals surface area contributed by atoms with Crippen LogP contribution in [-0.4, -0.2) is 14.5 Å². The molecule has 4 nitrogen and oxygen atoms in total. The summed E-state index contributed by atoms with van der Waals surface area (Å²) in [5, 5.41) is 14.1. The van der Waals surface area contributed by atoms with Crippen LogP contribution in [0, 0.1) is 10.1 Å². The second kappa shape index (κ2) is 6.18. The maximum Gasteiger partial charge on any atom is 0.289 e. The zero-order valence-corrected chi connectivity index (χ0v) is 11.7. The normalized spacial score (nSPS) is 10.4. The Labute approximate surface area is 114 Å². The molecule has 92 valence electrons. The molecule has 1 aromatic rings. The Morgan fingerprint density at radius 2 is 2.24 bits per heavy atom. The van der Waals surface area contributed by atoms with E-state index >= 15 is 0 Å². The third-order valence-electron chi connectivity index (χ3n) is 1.73. The zero-order valence-electron chi connectivity index (χ0n) is 9.27. The Morgan fingerprint density at radius 1 is 1.59 bits per heavy atom. The van der Waals surface area contributed by atoms with E-state index in [0.717, 1.165) is 0 Å². The number of thiocarbonyl (C=S) groups is 1. The van der Waals surface area contributed by atoms with Gasteiger partial charge in [-0.2, -0.15) is 0 Å². The van der Waals surface area contributed by atoms with Crippen molar-refractivity contribution in [1.29, 1.82) is 0 Å². The largest absolute Gasteiger partial charge is 0.341 e. The van der Waals surface area contributed by atoms with Crippen LogP contribution in [0.5, 0.6) is 0 Å². The molecule has 1 aromatic carbocycles. The SMILES string of the molecule is CC(C)SC(=S)Nc1ccc(Cl)c([N+](=O)[O-])c1. The first-order chi connectivity index (χ1) is 7.90. The quantitative estimate of drug-likeness (QED) is 0.516. The lowest BCUT2D eigenvalue weighted by atomic mass is 10.3. The van der Waals surface area contributed by atoms with Gasteiger partial charge in [-0.15, -0.1) is 0 Å². The highest BCUT2D eigenvalue weighted by molar-refractivity contribution is 8.23. The molecule has 1 N–H and O–H groups in total. The van der Waals surface area contributed by atoms with Gasteiger partial charge < -0.3 is 5.32 Å². The van der Waals surface area contributed by atoms with Crippen LogP contribution in [0.2, 0.25) is 5.02 Å². The monoisotopic (exact) mass is 290 g/mol. The molecule has 17 heavy (non-hydrogen) atoms. The number of halogens is 1. The van der Waals surface area contributed by atoms with Crippen molar-refractivity contribution < 1.29 is 4.92 Å². The predicted octanol–water partition coefficient (Wildman–Crippen LogP) is 4.09. The molecule has 0 bridgehead atoms. The van der Waals surface area contributed by atoms with Gasteiger partial charge in [0.05, 0.1) is 4.92 Å². The fourth-order valence-electron chi connectivity index (χ4n) is 1.09. The van der Waals surface area contributed by atoms with E-state index in [9.17, 15) is 10.1 Å². The maximum atomic E-state index is 10.7. The second-order valence-corrected chi connectivity index (χ2v) is 6.16. The van der Waals surface area contributed by atoms with Gasteiger partial charge in [-0.1, -0.05) is 49.4 Å². The molecule has 0 amide bonds. The predicted molar refractivity (Wildman–Crippen MR) is 77.1 cm³/mol. The molecule has 0 aromatic heterocycles. The first-order valence-electron chi connectivity index (χ1n) is 4.81. The van der Waals surface area contributed by atoms with E-state index in [2.05, 4.69) is 5.32 Å². The summed E-state index contributed by atoms with van der Waals surface area (Å²) in [6, 6.07) is 4.50. The van der Waals surface area contributed by atoms with Gasteiger partial charge in [0.1, 0.15) is 9.34 Å². The smallest absolute Gasteiger partial charge is 0.289 e. The molecule has 7 heteroatoms. The number of thioether (sulfide) groups is 1. The number of hydrogen-bond acceptors (Lipinski definition) is 4.